The second-order valence-corrected chi connectivity index (χ2v) is 7.14. The Labute approximate surface area is 176 Å². The van der Waals surface area contributed by atoms with E-state index >= 15 is 0 Å². The van der Waals surface area contributed by atoms with Gasteiger partial charge in [-0.25, -0.2) is 0 Å². The third-order valence-electron chi connectivity index (χ3n) is 5.11. The number of anilines is 3. The van der Waals surface area contributed by atoms with Gasteiger partial charge in [0.15, 0.2) is 11.6 Å². The lowest BCUT2D eigenvalue weighted by atomic mass is 10.1. The maximum absolute atomic E-state index is 12.5. The number of carbonyl (C=O) groups is 1. The molecule has 1 aromatic carbocycles. The van der Waals surface area contributed by atoms with Crippen LogP contribution >= 0.6 is 0 Å². The van der Waals surface area contributed by atoms with Gasteiger partial charge < -0.3 is 15.1 Å². The van der Waals surface area contributed by atoms with E-state index in [-0.39, 0.29) is 5.91 Å². The smallest absolute Gasteiger partial charge is 0.246 e. The molecule has 30 heavy (non-hydrogen) atoms. The zero-order valence-corrected chi connectivity index (χ0v) is 16.9. The van der Waals surface area contributed by atoms with Gasteiger partial charge in [-0.15, -0.1) is 10.2 Å². The monoisotopic (exact) mass is 400 g/mol. The van der Waals surface area contributed by atoms with Crippen LogP contribution in [0.3, 0.4) is 0 Å². The zero-order chi connectivity index (χ0) is 20.8. The van der Waals surface area contributed by atoms with Crippen LogP contribution in [0.1, 0.15) is 11.1 Å². The molecule has 3 heterocycles. The number of pyridine rings is 1. The molecule has 7 nitrogen and oxygen atoms in total. The molecule has 7 heteroatoms. The number of carbonyl (C=O) groups excluding carboxylic acids is 1. The first-order chi connectivity index (χ1) is 14.7. The molecule has 1 aliphatic rings. The predicted molar refractivity (Wildman–Crippen MR) is 119 cm³/mol. The van der Waals surface area contributed by atoms with E-state index in [4.69, 9.17) is 0 Å². The number of rotatable bonds is 5. The van der Waals surface area contributed by atoms with Gasteiger partial charge in [0.1, 0.15) is 0 Å². The largest absolute Gasteiger partial charge is 0.352 e. The molecule has 0 radical (unpaired) electrons. The molecule has 0 unspecified atom stereocenters. The fourth-order valence-electron chi connectivity index (χ4n) is 3.34. The van der Waals surface area contributed by atoms with Gasteiger partial charge in [0, 0.05) is 50.3 Å². The summed E-state index contributed by atoms with van der Waals surface area (Å²) in [5, 5.41) is 11.8. The Morgan fingerprint density at radius 3 is 2.43 bits per heavy atom. The van der Waals surface area contributed by atoms with Crippen LogP contribution in [-0.4, -0.2) is 52.2 Å². The van der Waals surface area contributed by atoms with Crippen molar-refractivity contribution in [3.8, 4) is 0 Å². The first-order valence-corrected chi connectivity index (χ1v) is 9.97. The van der Waals surface area contributed by atoms with E-state index in [9.17, 15) is 4.79 Å². The van der Waals surface area contributed by atoms with Crippen molar-refractivity contribution < 1.29 is 4.79 Å². The van der Waals surface area contributed by atoms with E-state index in [0.29, 0.717) is 18.9 Å². The van der Waals surface area contributed by atoms with Crippen molar-refractivity contribution in [2.24, 2.45) is 0 Å². The number of amides is 1. The van der Waals surface area contributed by atoms with Gasteiger partial charge in [-0.05, 0) is 48.4 Å². The van der Waals surface area contributed by atoms with Gasteiger partial charge >= 0.3 is 0 Å². The van der Waals surface area contributed by atoms with Gasteiger partial charge in [-0.2, -0.15) is 0 Å². The number of aryl methyl sites for hydroxylation is 1. The highest BCUT2D eigenvalue weighted by molar-refractivity contribution is 5.92. The van der Waals surface area contributed by atoms with E-state index in [1.165, 1.54) is 0 Å². The van der Waals surface area contributed by atoms with Crippen LogP contribution in [0.4, 0.5) is 17.3 Å². The van der Waals surface area contributed by atoms with Crippen molar-refractivity contribution in [2.45, 2.75) is 6.92 Å². The lowest BCUT2D eigenvalue weighted by Crippen LogP contribution is -2.48. The zero-order valence-electron chi connectivity index (χ0n) is 16.9. The van der Waals surface area contributed by atoms with Crippen molar-refractivity contribution in [1.82, 2.24) is 20.1 Å². The van der Waals surface area contributed by atoms with Crippen molar-refractivity contribution in [1.29, 1.82) is 0 Å². The molecule has 152 valence electrons. The fourth-order valence-corrected chi connectivity index (χ4v) is 3.34. The minimum Gasteiger partial charge on any atom is -0.352 e. The minimum absolute atomic E-state index is 0.0425. The molecule has 3 aromatic rings. The van der Waals surface area contributed by atoms with Gasteiger partial charge in [0.05, 0.1) is 0 Å². The Hall–Kier alpha value is -3.74. The maximum atomic E-state index is 12.5. The summed E-state index contributed by atoms with van der Waals surface area (Å²) in [5.41, 5.74) is 3.14. The molecule has 1 amide bonds. The predicted octanol–water partition coefficient (Wildman–Crippen LogP) is 3.29. The molecular formula is C23H24N6O. The van der Waals surface area contributed by atoms with E-state index in [1.807, 2.05) is 66.4 Å². The number of hydrogen-bond donors (Lipinski definition) is 1. The Morgan fingerprint density at radius 1 is 0.967 bits per heavy atom. The molecule has 1 aliphatic heterocycles. The number of hydrogen-bond acceptors (Lipinski definition) is 6. The average Bonchev–Trinajstić information content (AvgIpc) is 2.80. The summed E-state index contributed by atoms with van der Waals surface area (Å²) in [6, 6.07) is 15.6. The fraction of sp³-hybridized carbons (Fsp3) is 0.217. The quantitative estimate of drug-likeness (QED) is 0.663. The molecule has 0 bridgehead atoms. The van der Waals surface area contributed by atoms with E-state index in [2.05, 4.69) is 25.4 Å². The second kappa shape index (κ2) is 9.17. The number of piperazine rings is 1. The third-order valence-corrected chi connectivity index (χ3v) is 5.11. The minimum atomic E-state index is 0.0425. The van der Waals surface area contributed by atoms with Gasteiger partial charge in [0.25, 0.3) is 0 Å². The van der Waals surface area contributed by atoms with Crippen LogP contribution in [0.5, 0.6) is 0 Å². The molecule has 0 atom stereocenters. The van der Waals surface area contributed by atoms with Crippen LogP contribution in [0, 0.1) is 6.92 Å². The Bertz CT molecular complexity index is 1010. The van der Waals surface area contributed by atoms with E-state index < -0.39 is 0 Å². The van der Waals surface area contributed by atoms with Crippen LogP contribution in [0.15, 0.2) is 67.0 Å². The summed E-state index contributed by atoms with van der Waals surface area (Å²) < 4.78 is 0. The first kappa shape index (κ1) is 19.6. The van der Waals surface area contributed by atoms with Crippen LogP contribution in [0.2, 0.25) is 0 Å². The Balaban J connectivity index is 1.31. The topological polar surface area (TPSA) is 74.2 Å². The summed E-state index contributed by atoms with van der Waals surface area (Å²) >= 11 is 0. The van der Waals surface area contributed by atoms with Crippen LogP contribution in [0.25, 0.3) is 6.08 Å². The third kappa shape index (κ3) is 4.81. The highest BCUT2D eigenvalue weighted by atomic mass is 16.2. The molecule has 2 aromatic heterocycles. The van der Waals surface area contributed by atoms with E-state index in [0.717, 1.165) is 35.7 Å². The second-order valence-electron chi connectivity index (χ2n) is 7.14. The van der Waals surface area contributed by atoms with Crippen LogP contribution in [-0.2, 0) is 4.79 Å². The molecule has 0 spiro atoms. The Morgan fingerprint density at radius 2 is 1.73 bits per heavy atom. The molecule has 1 N–H and O–H groups in total. The average molecular weight is 400 g/mol. The number of nitrogens with one attached hydrogen (secondary N) is 1. The summed E-state index contributed by atoms with van der Waals surface area (Å²) in [5.74, 6) is 1.54. The molecule has 0 saturated carbocycles. The first-order valence-electron chi connectivity index (χ1n) is 9.97. The molecule has 1 saturated heterocycles. The van der Waals surface area contributed by atoms with Gasteiger partial charge in [-0.3, -0.25) is 9.78 Å². The normalized spacial score (nSPS) is 14.2. The standard InChI is InChI=1S/C23H24N6O/c1-18-4-2-3-5-19(18)6-9-23(30)29-16-14-28(15-17-29)22-8-7-21(26-27-22)25-20-10-12-24-13-11-20/h2-13H,14-17H2,1H3,(H,24,25,26)/b9-6+. The lowest BCUT2D eigenvalue weighted by Gasteiger charge is -2.34. The molecular weight excluding hydrogens is 376 g/mol. The number of nitrogens with zero attached hydrogens (tertiary/aromatic N) is 5. The van der Waals surface area contributed by atoms with Crippen LogP contribution < -0.4 is 10.2 Å². The highest BCUT2D eigenvalue weighted by Crippen LogP contribution is 2.17. The maximum Gasteiger partial charge on any atom is 0.246 e. The van der Waals surface area contributed by atoms with Gasteiger partial charge in [0.2, 0.25) is 5.91 Å². The SMILES string of the molecule is Cc1ccccc1/C=C/C(=O)N1CCN(c2ccc(Nc3ccncc3)nn2)CC1. The number of benzene rings is 1. The summed E-state index contributed by atoms with van der Waals surface area (Å²) in [6.07, 6.45) is 7.00. The Kier molecular flexibility index (Phi) is 5.98. The highest BCUT2D eigenvalue weighted by Gasteiger charge is 2.20. The summed E-state index contributed by atoms with van der Waals surface area (Å²) in [7, 11) is 0. The summed E-state index contributed by atoms with van der Waals surface area (Å²) in [4.78, 5) is 20.5. The molecule has 4 rings (SSSR count). The van der Waals surface area contributed by atoms with Crippen molar-refractivity contribution in [2.75, 3.05) is 36.4 Å². The van der Waals surface area contributed by atoms with Crippen molar-refractivity contribution in [3.63, 3.8) is 0 Å². The molecule has 0 aliphatic carbocycles. The lowest BCUT2D eigenvalue weighted by molar-refractivity contribution is -0.126. The molecule has 1 fully saturated rings. The van der Waals surface area contributed by atoms with Gasteiger partial charge in [-0.1, -0.05) is 24.3 Å². The number of aromatic nitrogens is 3. The van der Waals surface area contributed by atoms with Crippen molar-refractivity contribution >= 4 is 29.3 Å². The van der Waals surface area contributed by atoms with E-state index in [1.54, 1.807) is 18.5 Å². The van der Waals surface area contributed by atoms with Crippen molar-refractivity contribution in [3.05, 3.63) is 78.1 Å². The summed E-state index contributed by atoms with van der Waals surface area (Å²) in [6.45, 7) is 4.83.